The van der Waals surface area contributed by atoms with Gasteiger partial charge in [0.25, 0.3) is 0 Å². The third kappa shape index (κ3) is 2.83. The second kappa shape index (κ2) is 5.15. The summed E-state index contributed by atoms with van der Waals surface area (Å²) in [6.07, 6.45) is 0. The fraction of sp³-hybridized carbons (Fsp3) is 0.300. The number of carbonyl (C=O) groups excluding carboxylic acids is 1. The number of carbonyl (C=O) groups is 1. The fourth-order valence-electron chi connectivity index (χ4n) is 1.23. The minimum atomic E-state index is -0.666. The molecule has 1 aromatic rings. The van der Waals surface area contributed by atoms with Crippen LogP contribution >= 0.6 is 0 Å². The molecular formula is C10H11NO6. The summed E-state index contributed by atoms with van der Waals surface area (Å²) in [5.41, 5.74) is -0.363. The van der Waals surface area contributed by atoms with Gasteiger partial charge in [0.2, 0.25) is 5.75 Å². The first-order valence-electron chi connectivity index (χ1n) is 4.58. The highest BCUT2D eigenvalue weighted by Gasteiger charge is 2.21. The van der Waals surface area contributed by atoms with E-state index in [1.54, 1.807) is 0 Å². The number of esters is 1. The van der Waals surface area contributed by atoms with Crippen LogP contribution < -0.4 is 14.2 Å². The average Bonchev–Trinajstić information content (AvgIpc) is 2.27. The van der Waals surface area contributed by atoms with E-state index in [1.807, 2.05) is 0 Å². The molecule has 0 fully saturated rings. The van der Waals surface area contributed by atoms with Crippen LogP contribution in [0.2, 0.25) is 0 Å². The van der Waals surface area contributed by atoms with E-state index in [4.69, 9.17) is 14.2 Å². The quantitative estimate of drug-likeness (QED) is 0.344. The van der Waals surface area contributed by atoms with Crippen molar-refractivity contribution in [3.8, 4) is 17.2 Å². The van der Waals surface area contributed by atoms with Gasteiger partial charge in [0.15, 0.2) is 11.5 Å². The van der Waals surface area contributed by atoms with E-state index in [2.05, 4.69) is 0 Å². The molecule has 0 aliphatic carbocycles. The Kier molecular flexibility index (Phi) is 3.86. The van der Waals surface area contributed by atoms with Crippen molar-refractivity contribution in [3.05, 3.63) is 22.2 Å². The minimum Gasteiger partial charge on any atom is -0.493 e. The van der Waals surface area contributed by atoms with Gasteiger partial charge < -0.3 is 14.2 Å². The molecule has 0 saturated heterocycles. The summed E-state index contributed by atoms with van der Waals surface area (Å²) >= 11 is 0. The highest BCUT2D eigenvalue weighted by atomic mass is 16.6. The molecule has 0 aliphatic rings. The molecule has 0 unspecified atom stereocenters. The van der Waals surface area contributed by atoms with Crippen LogP contribution in [0.15, 0.2) is 12.1 Å². The van der Waals surface area contributed by atoms with E-state index >= 15 is 0 Å². The van der Waals surface area contributed by atoms with Crippen LogP contribution in [-0.4, -0.2) is 25.1 Å². The number of hydrogen-bond donors (Lipinski definition) is 0. The summed E-state index contributed by atoms with van der Waals surface area (Å²) in [5, 5.41) is 10.8. The Morgan fingerprint density at radius 2 is 1.71 bits per heavy atom. The van der Waals surface area contributed by atoms with Crippen LogP contribution in [0.25, 0.3) is 0 Å². The number of benzene rings is 1. The molecule has 0 spiro atoms. The zero-order chi connectivity index (χ0) is 13.0. The summed E-state index contributed by atoms with van der Waals surface area (Å²) in [4.78, 5) is 20.9. The van der Waals surface area contributed by atoms with Crippen LogP contribution in [0.5, 0.6) is 17.2 Å². The maximum Gasteiger partial charge on any atom is 0.315 e. The molecule has 17 heavy (non-hydrogen) atoms. The van der Waals surface area contributed by atoms with Crippen molar-refractivity contribution in [2.75, 3.05) is 14.2 Å². The number of ether oxygens (including phenoxy) is 3. The number of nitrogens with zero attached hydrogens (tertiary/aromatic N) is 1. The normalized spacial score (nSPS) is 9.59. The Morgan fingerprint density at radius 1 is 1.18 bits per heavy atom. The van der Waals surface area contributed by atoms with E-state index in [0.29, 0.717) is 0 Å². The number of nitro benzene ring substituents is 1. The van der Waals surface area contributed by atoms with Crippen molar-refractivity contribution in [1.82, 2.24) is 0 Å². The maximum atomic E-state index is 10.8. The smallest absolute Gasteiger partial charge is 0.315 e. The van der Waals surface area contributed by atoms with Crippen LogP contribution in [0.1, 0.15) is 6.92 Å². The first-order valence-corrected chi connectivity index (χ1v) is 4.58. The Morgan fingerprint density at radius 3 is 2.12 bits per heavy atom. The minimum absolute atomic E-state index is 0.180. The molecule has 0 aliphatic heterocycles. The summed E-state index contributed by atoms with van der Waals surface area (Å²) in [7, 11) is 2.73. The molecule has 0 atom stereocenters. The molecular weight excluding hydrogens is 230 g/mol. The molecule has 1 aromatic carbocycles. The van der Waals surface area contributed by atoms with E-state index < -0.39 is 10.9 Å². The van der Waals surface area contributed by atoms with Crippen molar-refractivity contribution in [2.24, 2.45) is 0 Å². The lowest BCUT2D eigenvalue weighted by Crippen LogP contribution is -2.05. The van der Waals surface area contributed by atoms with Crippen LogP contribution in [0.4, 0.5) is 5.69 Å². The van der Waals surface area contributed by atoms with Gasteiger partial charge in [0.1, 0.15) is 0 Å². The first-order chi connectivity index (χ1) is 7.99. The highest BCUT2D eigenvalue weighted by Crippen LogP contribution is 2.39. The summed E-state index contributed by atoms with van der Waals surface area (Å²) < 4.78 is 14.6. The van der Waals surface area contributed by atoms with E-state index in [0.717, 1.165) is 13.0 Å². The van der Waals surface area contributed by atoms with Gasteiger partial charge in [-0.2, -0.15) is 0 Å². The lowest BCUT2D eigenvalue weighted by atomic mass is 10.2. The first kappa shape index (κ1) is 12.8. The second-order valence-corrected chi connectivity index (χ2v) is 3.03. The summed E-state index contributed by atoms with van der Waals surface area (Å²) in [6, 6.07) is 2.37. The molecule has 7 heteroatoms. The molecule has 0 heterocycles. The third-order valence-electron chi connectivity index (χ3n) is 1.92. The predicted molar refractivity (Wildman–Crippen MR) is 57.5 cm³/mol. The van der Waals surface area contributed by atoms with Crippen LogP contribution in [0, 0.1) is 10.1 Å². The zero-order valence-electron chi connectivity index (χ0n) is 9.55. The highest BCUT2D eigenvalue weighted by molar-refractivity contribution is 5.72. The van der Waals surface area contributed by atoms with Gasteiger partial charge in [-0.3, -0.25) is 14.9 Å². The Labute approximate surface area is 97.0 Å². The number of hydrogen-bond acceptors (Lipinski definition) is 6. The Bertz CT molecular complexity index is 456. The molecule has 1 rings (SSSR count). The van der Waals surface area contributed by atoms with Crippen molar-refractivity contribution < 1.29 is 23.9 Å². The van der Waals surface area contributed by atoms with Gasteiger partial charge in [-0.05, 0) is 0 Å². The molecule has 0 N–H and O–H groups in total. The van der Waals surface area contributed by atoms with Gasteiger partial charge in [0, 0.05) is 13.0 Å². The number of methoxy groups -OCH3 is 2. The van der Waals surface area contributed by atoms with E-state index in [-0.39, 0.29) is 22.9 Å². The maximum absolute atomic E-state index is 10.8. The van der Waals surface area contributed by atoms with Gasteiger partial charge in [-0.1, -0.05) is 0 Å². The average molecular weight is 241 g/mol. The molecule has 0 radical (unpaired) electrons. The Balaban J connectivity index is 3.34. The van der Waals surface area contributed by atoms with Crippen molar-refractivity contribution in [3.63, 3.8) is 0 Å². The topological polar surface area (TPSA) is 87.9 Å². The number of rotatable bonds is 4. The lowest BCUT2D eigenvalue weighted by Gasteiger charge is -2.09. The number of nitro groups is 1. The molecule has 0 aromatic heterocycles. The monoisotopic (exact) mass is 241 g/mol. The van der Waals surface area contributed by atoms with Gasteiger partial charge in [-0.15, -0.1) is 0 Å². The summed E-state index contributed by atoms with van der Waals surface area (Å²) in [5.74, 6) is -0.398. The molecule has 7 nitrogen and oxygen atoms in total. The van der Waals surface area contributed by atoms with Crippen LogP contribution in [-0.2, 0) is 4.79 Å². The van der Waals surface area contributed by atoms with E-state index in [1.165, 1.54) is 20.3 Å². The molecule has 0 bridgehead atoms. The third-order valence-corrected chi connectivity index (χ3v) is 1.92. The van der Waals surface area contributed by atoms with Crippen molar-refractivity contribution in [1.29, 1.82) is 0 Å². The van der Waals surface area contributed by atoms with Gasteiger partial charge >= 0.3 is 11.7 Å². The predicted octanol–water partition coefficient (Wildman–Crippen LogP) is 1.54. The molecule has 0 saturated carbocycles. The largest absolute Gasteiger partial charge is 0.493 e. The van der Waals surface area contributed by atoms with E-state index in [9.17, 15) is 14.9 Å². The van der Waals surface area contributed by atoms with Gasteiger partial charge in [0.05, 0.1) is 25.2 Å². The zero-order valence-corrected chi connectivity index (χ0v) is 9.55. The Hall–Kier alpha value is -2.31. The van der Waals surface area contributed by atoms with Gasteiger partial charge in [-0.25, -0.2) is 0 Å². The van der Waals surface area contributed by atoms with Crippen molar-refractivity contribution >= 4 is 11.7 Å². The summed E-state index contributed by atoms with van der Waals surface area (Å²) in [6.45, 7) is 1.15. The van der Waals surface area contributed by atoms with Crippen molar-refractivity contribution in [2.45, 2.75) is 6.92 Å². The molecule has 92 valence electrons. The molecule has 0 amide bonds. The fourth-order valence-corrected chi connectivity index (χ4v) is 1.23. The standard InChI is InChI=1S/C10H11NO6/c1-6(12)17-8-5-10(16-3)9(15-2)4-7(8)11(13)14/h4-5H,1-3H3. The second-order valence-electron chi connectivity index (χ2n) is 3.03. The lowest BCUT2D eigenvalue weighted by molar-refractivity contribution is -0.385. The SMILES string of the molecule is COc1cc(OC(C)=O)c([N+](=O)[O-])cc1OC. The van der Waals surface area contributed by atoms with Crippen LogP contribution in [0.3, 0.4) is 0 Å².